The Hall–Kier alpha value is -2.70. The molecule has 3 aromatic rings. The van der Waals surface area contributed by atoms with Crippen LogP contribution in [0.3, 0.4) is 0 Å². The summed E-state index contributed by atoms with van der Waals surface area (Å²) in [6, 6.07) is 1.50. The molecule has 1 amide bonds. The fourth-order valence-electron chi connectivity index (χ4n) is 2.56. The van der Waals surface area contributed by atoms with Gasteiger partial charge in [-0.1, -0.05) is 13.8 Å². The van der Waals surface area contributed by atoms with Crippen molar-refractivity contribution in [1.29, 1.82) is 0 Å². The lowest BCUT2D eigenvalue weighted by Crippen LogP contribution is -2.31. The first kappa shape index (κ1) is 15.2. The summed E-state index contributed by atoms with van der Waals surface area (Å²) in [5.41, 5.74) is 1.65. The summed E-state index contributed by atoms with van der Waals surface area (Å²) < 4.78 is 3.60. The number of carbonyl (C=O) groups is 1. The molecular weight excluding hydrogens is 292 g/mol. The summed E-state index contributed by atoms with van der Waals surface area (Å²) in [6.07, 6.45) is 8.84. The largest absolute Gasteiger partial charge is 0.350 e. The first-order chi connectivity index (χ1) is 11.1. The summed E-state index contributed by atoms with van der Waals surface area (Å²) in [6.45, 7) is 6.40. The van der Waals surface area contributed by atoms with Crippen molar-refractivity contribution in [3.05, 3.63) is 48.4 Å². The molecule has 0 aliphatic heterocycles. The van der Waals surface area contributed by atoms with Crippen LogP contribution in [0.4, 0.5) is 0 Å². The Kier molecular flexibility index (Phi) is 4.10. The van der Waals surface area contributed by atoms with Crippen LogP contribution in [-0.2, 0) is 11.3 Å². The maximum atomic E-state index is 12.4. The van der Waals surface area contributed by atoms with Crippen LogP contribution in [0.15, 0.2) is 37.1 Å². The lowest BCUT2D eigenvalue weighted by atomic mass is 10.2. The number of rotatable bonds is 5. The number of aromatic nitrogens is 5. The van der Waals surface area contributed by atoms with Gasteiger partial charge < -0.3 is 9.88 Å². The van der Waals surface area contributed by atoms with Gasteiger partial charge in [0, 0.05) is 42.8 Å². The fraction of sp³-hybridized carbons (Fsp3) is 0.375. The summed E-state index contributed by atoms with van der Waals surface area (Å²) in [7, 11) is 0. The van der Waals surface area contributed by atoms with Crippen LogP contribution >= 0.6 is 0 Å². The van der Waals surface area contributed by atoms with E-state index in [1.807, 2.05) is 30.0 Å². The quantitative estimate of drug-likeness (QED) is 0.781. The van der Waals surface area contributed by atoms with E-state index in [1.165, 1.54) is 0 Å². The van der Waals surface area contributed by atoms with E-state index in [4.69, 9.17) is 0 Å². The number of hydrogen-bond acceptors (Lipinski definition) is 4. The molecule has 0 saturated carbocycles. The molecule has 0 fully saturated rings. The summed E-state index contributed by atoms with van der Waals surface area (Å²) in [5, 5.41) is 7.17. The zero-order valence-electron chi connectivity index (χ0n) is 13.5. The first-order valence-electron chi connectivity index (χ1n) is 7.65. The van der Waals surface area contributed by atoms with Crippen molar-refractivity contribution >= 4 is 11.6 Å². The normalized spacial score (nSPS) is 12.7. The van der Waals surface area contributed by atoms with E-state index in [2.05, 4.69) is 34.2 Å². The van der Waals surface area contributed by atoms with Gasteiger partial charge in [0.1, 0.15) is 11.9 Å². The molecule has 0 aromatic carbocycles. The SMILES string of the molecule is CC(C)c1nccn1[C@@H](C)C(=O)NCc1cnn2cccnc12. The van der Waals surface area contributed by atoms with Crippen LogP contribution in [0.5, 0.6) is 0 Å². The number of nitrogens with one attached hydrogen (secondary N) is 1. The topological polar surface area (TPSA) is 77.1 Å². The molecule has 3 heterocycles. The van der Waals surface area contributed by atoms with Crippen molar-refractivity contribution in [3.63, 3.8) is 0 Å². The van der Waals surface area contributed by atoms with Crippen molar-refractivity contribution in [2.75, 3.05) is 0 Å². The molecule has 120 valence electrons. The van der Waals surface area contributed by atoms with Crippen LogP contribution in [0.25, 0.3) is 5.65 Å². The second-order valence-electron chi connectivity index (χ2n) is 5.80. The highest BCUT2D eigenvalue weighted by Crippen LogP contribution is 2.17. The highest BCUT2D eigenvalue weighted by atomic mass is 16.2. The van der Waals surface area contributed by atoms with E-state index in [0.717, 1.165) is 17.0 Å². The molecule has 3 aromatic heterocycles. The van der Waals surface area contributed by atoms with Crippen molar-refractivity contribution < 1.29 is 4.79 Å². The zero-order valence-corrected chi connectivity index (χ0v) is 13.5. The molecule has 23 heavy (non-hydrogen) atoms. The number of amides is 1. The number of carbonyl (C=O) groups excluding carboxylic acids is 1. The van der Waals surface area contributed by atoms with Crippen LogP contribution < -0.4 is 5.32 Å². The smallest absolute Gasteiger partial charge is 0.243 e. The summed E-state index contributed by atoms with van der Waals surface area (Å²) in [5.74, 6) is 1.12. The minimum Gasteiger partial charge on any atom is -0.350 e. The van der Waals surface area contributed by atoms with E-state index >= 15 is 0 Å². The molecule has 7 heteroatoms. The molecule has 1 N–H and O–H groups in total. The molecule has 7 nitrogen and oxygen atoms in total. The van der Waals surface area contributed by atoms with Crippen LogP contribution in [0.1, 0.15) is 44.1 Å². The summed E-state index contributed by atoms with van der Waals surface area (Å²) >= 11 is 0. The molecule has 0 aliphatic rings. The van der Waals surface area contributed by atoms with Gasteiger partial charge in [-0.25, -0.2) is 14.5 Å². The van der Waals surface area contributed by atoms with Gasteiger partial charge in [0.05, 0.1) is 6.20 Å². The summed E-state index contributed by atoms with van der Waals surface area (Å²) in [4.78, 5) is 21.1. The minimum absolute atomic E-state index is 0.0554. The van der Waals surface area contributed by atoms with E-state index in [9.17, 15) is 4.79 Å². The predicted octanol–water partition coefficient (Wildman–Crippen LogP) is 1.93. The number of fused-ring (bicyclic) bond motifs is 1. The van der Waals surface area contributed by atoms with E-state index in [0.29, 0.717) is 6.54 Å². The van der Waals surface area contributed by atoms with Crippen molar-refractivity contribution in [3.8, 4) is 0 Å². The van der Waals surface area contributed by atoms with E-state index in [-0.39, 0.29) is 17.9 Å². The second-order valence-corrected chi connectivity index (χ2v) is 5.80. The second kappa shape index (κ2) is 6.20. The third kappa shape index (κ3) is 2.94. The van der Waals surface area contributed by atoms with Gasteiger partial charge in [-0.15, -0.1) is 0 Å². The standard InChI is InChI=1S/C16H20N6O/c1-11(2)14-18-6-8-21(14)12(3)16(23)19-9-13-10-20-22-7-4-5-17-15(13)22/h4-8,10-12H,9H2,1-3H3,(H,19,23)/t12-/m0/s1. The monoisotopic (exact) mass is 312 g/mol. The average molecular weight is 312 g/mol. The van der Waals surface area contributed by atoms with E-state index < -0.39 is 0 Å². The van der Waals surface area contributed by atoms with Gasteiger partial charge >= 0.3 is 0 Å². The average Bonchev–Trinajstić information content (AvgIpc) is 3.19. The van der Waals surface area contributed by atoms with Gasteiger partial charge in [-0.3, -0.25) is 4.79 Å². The Morgan fingerprint density at radius 1 is 1.22 bits per heavy atom. The number of imidazole rings is 1. The molecule has 0 unspecified atom stereocenters. The lowest BCUT2D eigenvalue weighted by molar-refractivity contribution is -0.124. The Balaban J connectivity index is 1.70. The minimum atomic E-state index is -0.315. The van der Waals surface area contributed by atoms with Crippen molar-refractivity contribution in [2.24, 2.45) is 0 Å². The molecule has 0 aliphatic carbocycles. The molecule has 0 saturated heterocycles. The van der Waals surface area contributed by atoms with Crippen molar-refractivity contribution in [2.45, 2.75) is 39.3 Å². The Morgan fingerprint density at radius 2 is 2.04 bits per heavy atom. The first-order valence-corrected chi connectivity index (χ1v) is 7.65. The Morgan fingerprint density at radius 3 is 2.83 bits per heavy atom. The van der Waals surface area contributed by atoms with Crippen LogP contribution in [-0.4, -0.2) is 30.1 Å². The maximum absolute atomic E-state index is 12.4. The predicted molar refractivity (Wildman–Crippen MR) is 85.9 cm³/mol. The Bertz CT molecular complexity index is 819. The number of hydrogen-bond donors (Lipinski definition) is 1. The molecule has 0 spiro atoms. The maximum Gasteiger partial charge on any atom is 0.243 e. The fourth-order valence-corrected chi connectivity index (χ4v) is 2.56. The van der Waals surface area contributed by atoms with Gasteiger partial charge in [0.25, 0.3) is 0 Å². The van der Waals surface area contributed by atoms with Gasteiger partial charge in [0.2, 0.25) is 5.91 Å². The van der Waals surface area contributed by atoms with Crippen molar-refractivity contribution in [1.82, 2.24) is 29.5 Å². The Labute approximate surface area is 134 Å². The number of nitrogens with zero attached hydrogens (tertiary/aromatic N) is 5. The highest BCUT2D eigenvalue weighted by Gasteiger charge is 2.19. The van der Waals surface area contributed by atoms with Crippen LogP contribution in [0, 0.1) is 0 Å². The zero-order chi connectivity index (χ0) is 16.4. The molecular formula is C16H20N6O. The molecule has 1 atom stereocenters. The lowest BCUT2D eigenvalue weighted by Gasteiger charge is -2.17. The third-order valence-electron chi connectivity index (χ3n) is 3.82. The van der Waals surface area contributed by atoms with Gasteiger partial charge in [0.15, 0.2) is 5.65 Å². The van der Waals surface area contributed by atoms with Gasteiger partial charge in [-0.2, -0.15) is 5.10 Å². The van der Waals surface area contributed by atoms with Crippen LogP contribution in [0.2, 0.25) is 0 Å². The van der Waals surface area contributed by atoms with E-state index in [1.54, 1.807) is 23.1 Å². The molecule has 3 rings (SSSR count). The van der Waals surface area contributed by atoms with Gasteiger partial charge in [-0.05, 0) is 13.0 Å². The third-order valence-corrected chi connectivity index (χ3v) is 3.82. The highest BCUT2D eigenvalue weighted by molar-refractivity contribution is 5.80. The molecule has 0 bridgehead atoms. The molecule has 0 radical (unpaired) electrons.